The number of rotatable bonds is 2. The molecule has 5 saturated carbocycles. The molecule has 0 N–H and O–H groups in total. The summed E-state index contributed by atoms with van der Waals surface area (Å²) in [5, 5.41) is 0. The van der Waals surface area contributed by atoms with Crippen molar-refractivity contribution in [2.45, 2.75) is 126 Å². The maximum absolute atomic E-state index is 13.7. The van der Waals surface area contributed by atoms with Gasteiger partial charge < -0.3 is 0 Å². The standard InChI is InChI=1S/C35H54NO2/c1-24-29(37)25(38-36-20-10-9-11-21-36)22-27-32(24,5)13-12-26-33(27,6)17-19-35(8)28-23-30(2,3)14-15-31(28,4)16-18-34(26,35)7/h9-11,20-21,24-28H,12-19,22-23H2,1-8H3/q+1/t24-,25+,26-,27+,28+,31+,32+,33+,34+,35-/m0/s1. The lowest BCUT2D eigenvalue weighted by Crippen LogP contribution is -2.69. The number of pyridine rings is 1. The summed E-state index contributed by atoms with van der Waals surface area (Å²) in [5.74, 6) is 2.43. The van der Waals surface area contributed by atoms with Gasteiger partial charge in [-0.15, -0.1) is 0 Å². The number of fused-ring (bicyclic) bond motifs is 7. The van der Waals surface area contributed by atoms with Crippen molar-refractivity contribution < 1.29 is 14.4 Å². The summed E-state index contributed by atoms with van der Waals surface area (Å²) >= 11 is 0. The molecular weight excluding hydrogens is 466 g/mol. The zero-order chi connectivity index (χ0) is 27.4. The molecule has 38 heavy (non-hydrogen) atoms. The molecule has 5 aliphatic carbocycles. The second-order valence-electron chi connectivity index (χ2n) is 16.8. The van der Waals surface area contributed by atoms with Crippen LogP contribution in [-0.2, 0) is 4.79 Å². The van der Waals surface area contributed by atoms with Gasteiger partial charge in [-0.25, -0.2) is 0 Å². The highest BCUT2D eigenvalue weighted by Gasteiger charge is 2.71. The second-order valence-corrected chi connectivity index (χ2v) is 16.8. The number of nitrogens with zero attached hydrogens (tertiary/aromatic N) is 1. The van der Waals surface area contributed by atoms with Crippen molar-refractivity contribution >= 4 is 5.78 Å². The Kier molecular flexibility index (Phi) is 5.87. The first-order valence-electron chi connectivity index (χ1n) is 15.9. The van der Waals surface area contributed by atoms with Crippen LogP contribution in [0.1, 0.15) is 120 Å². The van der Waals surface area contributed by atoms with Gasteiger partial charge in [0.1, 0.15) is 0 Å². The van der Waals surface area contributed by atoms with Crippen molar-refractivity contribution in [2.75, 3.05) is 0 Å². The summed E-state index contributed by atoms with van der Waals surface area (Å²) < 4.78 is 1.76. The Morgan fingerprint density at radius 3 is 2.08 bits per heavy atom. The predicted octanol–water partition coefficient (Wildman–Crippen LogP) is 7.85. The summed E-state index contributed by atoms with van der Waals surface area (Å²) in [6.45, 7) is 20.5. The summed E-state index contributed by atoms with van der Waals surface area (Å²) in [6.07, 6.45) is 16.5. The van der Waals surface area contributed by atoms with Crippen molar-refractivity contribution in [2.24, 2.45) is 56.2 Å². The highest BCUT2D eigenvalue weighted by atomic mass is 16.7. The number of aromatic nitrogens is 1. The van der Waals surface area contributed by atoms with Crippen LogP contribution in [0.4, 0.5) is 0 Å². The number of ketones is 1. The highest BCUT2D eigenvalue weighted by molar-refractivity contribution is 5.87. The zero-order valence-corrected chi connectivity index (χ0v) is 25.6. The molecule has 3 heteroatoms. The second kappa shape index (κ2) is 8.32. The van der Waals surface area contributed by atoms with Gasteiger partial charge in [0.2, 0.25) is 18.5 Å². The van der Waals surface area contributed by atoms with E-state index >= 15 is 0 Å². The van der Waals surface area contributed by atoms with E-state index in [1.807, 2.05) is 30.6 Å². The molecule has 10 atom stereocenters. The number of Topliss-reactive ketones (excluding diaryl/α,β-unsaturated/α-hetero) is 1. The fourth-order valence-electron chi connectivity index (χ4n) is 11.8. The van der Waals surface area contributed by atoms with E-state index in [4.69, 9.17) is 4.84 Å². The number of carbonyl (C=O) groups is 1. The summed E-state index contributed by atoms with van der Waals surface area (Å²) in [4.78, 5) is 20.1. The van der Waals surface area contributed by atoms with Crippen molar-refractivity contribution in [1.82, 2.24) is 0 Å². The van der Waals surface area contributed by atoms with E-state index in [9.17, 15) is 4.79 Å². The van der Waals surface area contributed by atoms with Gasteiger partial charge in [0.25, 0.3) is 0 Å². The van der Waals surface area contributed by atoms with Gasteiger partial charge in [0, 0.05) is 29.2 Å². The van der Waals surface area contributed by atoms with Gasteiger partial charge in [-0.2, -0.15) is 0 Å². The Balaban J connectivity index is 1.36. The lowest BCUT2D eigenvalue weighted by Gasteiger charge is -2.74. The first kappa shape index (κ1) is 26.8. The van der Waals surface area contributed by atoms with Gasteiger partial charge in [-0.05, 0) is 108 Å². The third-order valence-electron chi connectivity index (χ3n) is 14.7. The van der Waals surface area contributed by atoms with Crippen LogP contribution < -0.4 is 9.57 Å². The minimum absolute atomic E-state index is 0.0447. The molecule has 0 aliphatic heterocycles. The number of carbonyl (C=O) groups excluding carboxylic acids is 1. The molecule has 1 aromatic rings. The predicted molar refractivity (Wildman–Crippen MR) is 152 cm³/mol. The lowest BCUT2D eigenvalue weighted by atomic mass is 9.30. The Hall–Kier alpha value is -1.38. The molecule has 1 aromatic heterocycles. The molecule has 3 nitrogen and oxygen atoms in total. The van der Waals surface area contributed by atoms with Crippen LogP contribution >= 0.6 is 0 Å². The van der Waals surface area contributed by atoms with Gasteiger partial charge >= 0.3 is 0 Å². The maximum atomic E-state index is 13.7. The topological polar surface area (TPSA) is 30.2 Å². The molecule has 1 heterocycles. The van der Waals surface area contributed by atoms with Crippen LogP contribution in [0, 0.1) is 56.2 Å². The van der Waals surface area contributed by atoms with Crippen molar-refractivity contribution in [3.8, 4) is 0 Å². The number of hydrogen-bond donors (Lipinski definition) is 0. The van der Waals surface area contributed by atoms with Crippen LogP contribution in [0.2, 0.25) is 0 Å². The molecule has 0 saturated heterocycles. The molecule has 0 aromatic carbocycles. The molecule has 0 spiro atoms. The Labute approximate surface area is 232 Å². The molecule has 5 fully saturated rings. The molecule has 0 unspecified atom stereocenters. The van der Waals surface area contributed by atoms with E-state index in [2.05, 4.69) is 55.4 Å². The van der Waals surface area contributed by atoms with E-state index < -0.39 is 0 Å². The minimum Gasteiger partial charge on any atom is -0.295 e. The highest BCUT2D eigenvalue weighted by Crippen LogP contribution is 2.78. The molecule has 6 rings (SSSR count). The van der Waals surface area contributed by atoms with E-state index in [0.717, 1.165) is 18.3 Å². The Bertz CT molecular complexity index is 1100. The third kappa shape index (κ3) is 3.51. The van der Waals surface area contributed by atoms with Gasteiger partial charge in [-0.3, -0.25) is 9.63 Å². The van der Waals surface area contributed by atoms with E-state index in [-0.39, 0.29) is 22.9 Å². The first-order chi connectivity index (χ1) is 17.7. The van der Waals surface area contributed by atoms with Gasteiger partial charge in [-0.1, -0.05) is 61.5 Å². The van der Waals surface area contributed by atoms with E-state index in [1.54, 1.807) is 4.73 Å². The molecule has 0 radical (unpaired) electrons. The molecule has 0 amide bonds. The van der Waals surface area contributed by atoms with Crippen LogP contribution in [0.3, 0.4) is 0 Å². The number of hydrogen-bond acceptors (Lipinski definition) is 2. The van der Waals surface area contributed by atoms with Crippen LogP contribution in [0.15, 0.2) is 30.6 Å². The monoisotopic (exact) mass is 520 g/mol. The van der Waals surface area contributed by atoms with Crippen molar-refractivity contribution in [1.29, 1.82) is 0 Å². The van der Waals surface area contributed by atoms with E-state index in [0.29, 0.717) is 33.4 Å². The first-order valence-corrected chi connectivity index (χ1v) is 15.9. The normalized spacial score (nSPS) is 51.7. The lowest BCUT2D eigenvalue weighted by molar-refractivity contribution is -0.896. The summed E-state index contributed by atoms with van der Waals surface area (Å²) in [7, 11) is 0. The van der Waals surface area contributed by atoms with Gasteiger partial charge in [0.05, 0.1) is 0 Å². The summed E-state index contributed by atoms with van der Waals surface area (Å²) in [5.41, 5.74) is 2.09. The van der Waals surface area contributed by atoms with Gasteiger partial charge in [0.15, 0.2) is 5.78 Å². The Morgan fingerprint density at radius 2 is 1.37 bits per heavy atom. The Morgan fingerprint density at radius 1 is 0.737 bits per heavy atom. The third-order valence-corrected chi connectivity index (χ3v) is 14.7. The molecule has 5 aliphatic rings. The largest absolute Gasteiger partial charge is 0.295 e. The zero-order valence-electron chi connectivity index (χ0n) is 25.6. The molecular formula is C35H54NO2+. The van der Waals surface area contributed by atoms with Crippen LogP contribution in [0.5, 0.6) is 0 Å². The fraction of sp³-hybridized carbons (Fsp3) is 0.829. The smallest absolute Gasteiger partial charge is 0.228 e. The molecule has 210 valence electrons. The van der Waals surface area contributed by atoms with Crippen molar-refractivity contribution in [3.05, 3.63) is 30.6 Å². The SMILES string of the molecule is C[C@H]1C(=O)[C@H](O[n+]2ccccc2)C[C@@H]2[C@]1(C)CC[C@H]1[C@@]2(C)CC[C@@]2(C)[C@@H]3CC(C)(C)CC[C@]3(C)CC[C@]12C. The van der Waals surface area contributed by atoms with Crippen LogP contribution in [-0.4, -0.2) is 11.9 Å². The quantitative estimate of drug-likeness (QED) is 0.372. The minimum atomic E-state index is -0.346. The maximum Gasteiger partial charge on any atom is 0.228 e. The van der Waals surface area contributed by atoms with Crippen LogP contribution in [0.25, 0.3) is 0 Å². The van der Waals surface area contributed by atoms with Crippen molar-refractivity contribution in [3.63, 3.8) is 0 Å². The average Bonchev–Trinajstić information content (AvgIpc) is 2.87. The summed E-state index contributed by atoms with van der Waals surface area (Å²) in [6, 6.07) is 5.95. The average molecular weight is 521 g/mol. The fourth-order valence-corrected chi connectivity index (χ4v) is 11.8. The molecule has 0 bridgehead atoms. The van der Waals surface area contributed by atoms with E-state index in [1.165, 1.54) is 57.8 Å².